The summed E-state index contributed by atoms with van der Waals surface area (Å²) in [5.41, 5.74) is 2.17. The van der Waals surface area contributed by atoms with Crippen molar-refractivity contribution in [3.05, 3.63) is 35.4 Å². The van der Waals surface area contributed by atoms with Crippen molar-refractivity contribution in [3.63, 3.8) is 0 Å². The molecular weight excluding hydrogens is 350 g/mol. The Bertz CT molecular complexity index is 644. The number of sulfonamides is 1. The predicted molar refractivity (Wildman–Crippen MR) is 98.0 cm³/mol. The van der Waals surface area contributed by atoms with Crippen molar-refractivity contribution in [3.8, 4) is 0 Å². The zero-order chi connectivity index (χ0) is 16.9. The van der Waals surface area contributed by atoms with Gasteiger partial charge in [-0.05, 0) is 12.5 Å². The molecule has 1 heterocycles. The number of rotatable bonds is 6. The Morgan fingerprint density at radius 1 is 1.21 bits per heavy atom. The number of nitrogens with one attached hydrogen (secondary N) is 1. The van der Waals surface area contributed by atoms with Gasteiger partial charge in [-0.1, -0.05) is 29.8 Å². The zero-order valence-corrected chi connectivity index (χ0v) is 15.8. The molecule has 6 nitrogen and oxygen atoms in total. The van der Waals surface area contributed by atoms with Gasteiger partial charge in [-0.3, -0.25) is 9.69 Å². The zero-order valence-electron chi connectivity index (χ0n) is 14.2. The van der Waals surface area contributed by atoms with Crippen LogP contribution in [0.25, 0.3) is 0 Å². The fourth-order valence-corrected chi connectivity index (χ4v) is 3.53. The van der Waals surface area contributed by atoms with Crippen LogP contribution in [0.15, 0.2) is 24.3 Å². The van der Waals surface area contributed by atoms with Crippen molar-refractivity contribution < 1.29 is 13.2 Å². The molecule has 1 aromatic carbocycles. The molecule has 8 heteroatoms. The number of nitrogens with zero attached hydrogens (tertiary/aromatic N) is 2. The van der Waals surface area contributed by atoms with Gasteiger partial charge in [0.1, 0.15) is 0 Å². The van der Waals surface area contributed by atoms with Crippen molar-refractivity contribution in [2.24, 2.45) is 0 Å². The average molecular weight is 376 g/mol. The molecule has 0 unspecified atom stereocenters. The number of hydrogen-bond acceptors (Lipinski definition) is 4. The van der Waals surface area contributed by atoms with E-state index in [4.69, 9.17) is 0 Å². The molecule has 1 saturated heterocycles. The molecule has 1 aromatic rings. The molecule has 24 heavy (non-hydrogen) atoms. The number of carbonyl (C=O) groups is 1. The predicted octanol–water partition coefficient (Wildman–Crippen LogP) is 0.653. The number of piperazine rings is 1. The number of halogens is 1. The Kier molecular flexibility index (Phi) is 8.15. The highest BCUT2D eigenvalue weighted by atomic mass is 35.5. The van der Waals surface area contributed by atoms with Crippen molar-refractivity contribution in [2.75, 3.05) is 45.5 Å². The quantitative estimate of drug-likeness (QED) is 0.792. The van der Waals surface area contributed by atoms with Gasteiger partial charge < -0.3 is 5.32 Å². The summed E-state index contributed by atoms with van der Waals surface area (Å²) >= 11 is 0. The molecule has 1 fully saturated rings. The second-order valence-electron chi connectivity index (χ2n) is 6.02. The summed E-state index contributed by atoms with van der Waals surface area (Å²) in [4.78, 5) is 14.1. The number of hydrogen-bond donors (Lipinski definition) is 1. The van der Waals surface area contributed by atoms with Crippen LogP contribution in [0, 0.1) is 6.92 Å². The van der Waals surface area contributed by atoms with E-state index in [-0.39, 0.29) is 18.3 Å². The number of carbonyl (C=O) groups excluding carboxylic acids is 1. The number of amides is 1. The molecule has 0 saturated carbocycles. The molecule has 2 rings (SSSR count). The lowest BCUT2D eigenvalue weighted by Crippen LogP contribution is -2.49. The smallest absolute Gasteiger partial charge is 0.224 e. The largest absolute Gasteiger partial charge is 0.355 e. The summed E-state index contributed by atoms with van der Waals surface area (Å²) in [7, 11) is -3.08. The summed E-state index contributed by atoms with van der Waals surface area (Å²) in [6.07, 6.45) is 1.64. The summed E-state index contributed by atoms with van der Waals surface area (Å²) < 4.78 is 24.4. The van der Waals surface area contributed by atoms with E-state index < -0.39 is 10.0 Å². The highest BCUT2D eigenvalue weighted by molar-refractivity contribution is 7.88. The van der Waals surface area contributed by atoms with Crippen LogP contribution in [0.1, 0.15) is 11.1 Å². The molecule has 1 aliphatic heterocycles. The van der Waals surface area contributed by atoms with E-state index >= 15 is 0 Å². The van der Waals surface area contributed by atoms with Crippen LogP contribution in [0.2, 0.25) is 0 Å². The van der Waals surface area contributed by atoms with Gasteiger partial charge >= 0.3 is 0 Å². The number of benzene rings is 1. The summed E-state index contributed by atoms with van der Waals surface area (Å²) in [6.45, 7) is 5.81. The van der Waals surface area contributed by atoms with Gasteiger partial charge in [0.05, 0.1) is 12.7 Å². The standard InChI is InChI=1S/C16H25N3O3S.ClH/c1-14-4-3-5-15(12-14)13-16(20)17-6-7-18-8-10-19(11-9-18)23(2,21)22;/h3-5,12H,6-11,13H2,1-2H3,(H,17,20);1H. The van der Waals surface area contributed by atoms with E-state index in [9.17, 15) is 13.2 Å². The Balaban J connectivity index is 0.00000288. The Morgan fingerprint density at radius 3 is 2.46 bits per heavy atom. The molecule has 0 aromatic heterocycles. The first-order chi connectivity index (χ1) is 10.8. The van der Waals surface area contributed by atoms with Crippen molar-refractivity contribution in [2.45, 2.75) is 13.3 Å². The van der Waals surface area contributed by atoms with Crippen LogP contribution in [0.4, 0.5) is 0 Å². The van der Waals surface area contributed by atoms with Crippen LogP contribution in [0.3, 0.4) is 0 Å². The second-order valence-corrected chi connectivity index (χ2v) is 8.00. The molecule has 0 atom stereocenters. The minimum absolute atomic E-state index is 0. The molecule has 0 radical (unpaired) electrons. The van der Waals surface area contributed by atoms with E-state index in [0.29, 0.717) is 39.1 Å². The van der Waals surface area contributed by atoms with E-state index in [1.165, 1.54) is 10.6 Å². The van der Waals surface area contributed by atoms with Crippen LogP contribution in [-0.2, 0) is 21.2 Å². The van der Waals surface area contributed by atoms with Gasteiger partial charge in [0, 0.05) is 39.3 Å². The van der Waals surface area contributed by atoms with Gasteiger partial charge in [-0.25, -0.2) is 8.42 Å². The maximum Gasteiger partial charge on any atom is 0.224 e. The number of aryl methyl sites for hydroxylation is 1. The maximum atomic E-state index is 11.9. The molecule has 0 bridgehead atoms. The van der Waals surface area contributed by atoms with Crippen molar-refractivity contribution in [1.82, 2.24) is 14.5 Å². The Hall–Kier alpha value is -1.15. The van der Waals surface area contributed by atoms with Crippen LogP contribution >= 0.6 is 12.4 Å². The van der Waals surface area contributed by atoms with E-state index in [0.717, 1.165) is 17.7 Å². The van der Waals surface area contributed by atoms with Gasteiger partial charge in [-0.15, -0.1) is 12.4 Å². The monoisotopic (exact) mass is 375 g/mol. The first-order valence-electron chi connectivity index (χ1n) is 7.84. The molecular formula is C16H26ClN3O3S. The molecule has 1 amide bonds. The minimum Gasteiger partial charge on any atom is -0.355 e. The second kappa shape index (κ2) is 9.36. The van der Waals surface area contributed by atoms with Gasteiger partial charge in [0.2, 0.25) is 15.9 Å². The van der Waals surface area contributed by atoms with Crippen LogP contribution in [-0.4, -0.2) is 69.1 Å². The highest BCUT2D eigenvalue weighted by Crippen LogP contribution is 2.06. The Labute approximate surface area is 150 Å². The Morgan fingerprint density at radius 2 is 1.88 bits per heavy atom. The third-order valence-corrected chi connectivity index (χ3v) is 5.30. The fraction of sp³-hybridized carbons (Fsp3) is 0.562. The lowest BCUT2D eigenvalue weighted by atomic mass is 10.1. The van der Waals surface area contributed by atoms with Crippen LogP contribution in [0.5, 0.6) is 0 Å². The van der Waals surface area contributed by atoms with Gasteiger partial charge in [0.15, 0.2) is 0 Å². The first-order valence-corrected chi connectivity index (χ1v) is 9.69. The van der Waals surface area contributed by atoms with Crippen LogP contribution < -0.4 is 5.32 Å². The van der Waals surface area contributed by atoms with Gasteiger partial charge in [-0.2, -0.15) is 4.31 Å². The van der Waals surface area contributed by atoms with E-state index in [1.54, 1.807) is 0 Å². The third-order valence-electron chi connectivity index (χ3n) is 4.00. The van der Waals surface area contributed by atoms with Crippen molar-refractivity contribution >= 4 is 28.3 Å². The van der Waals surface area contributed by atoms with Crippen molar-refractivity contribution in [1.29, 1.82) is 0 Å². The molecule has 136 valence electrons. The highest BCUT2D eigenvalue weighted by Gasteiger charge is 2.22. The first kappa shape index (κ1) is 20.9. The summed E-state index contributed by atoms with van der Waals surface area (Å²) in [5.74, 6) is 0.0189. The normalized spacial score (nSPS) is 16.4. The van der Waals surface area contributed by atoms with Gasteiger partial charge in [0.25, 0.3) is 0 Å². The minimum atomic E-state index is -3.08. The molecule has 0 aliphatic carbocycles. The third kappa shape index (κ3) is 6.76. The maximum absolute atomic E-state index is 11.9. The SMILES string of the molecule is Cc1cccc(CC(=O)NCCN2CCN(S(C)(=O)=O)CC2)c1.Cl. The fourth-order valence-electron chi connectivity index (χ4n) is 2.71. The lowest BCUT2D eigenvalue weighted by molar-refractivity contribution is -0.120. The molecule has 0 spiro atoms. The van der Waals surface area contributed by atoms with E-state index in [2.05, 4.69) is 10.2 Å². The molecule has 1 aliphatic rings. The molecule has 1 N–H and O–H groups in total. The lowest BCUT2D eigenvalue weighted by Gasteiger charge is -2.33. The summed E-state index contributed by atoms with van der Waals surface area (Å²) in [5, 5.41) is 2.93. The topological polar surface area (TPSA) is 69.7 Å². The average Bonchev–Trinajstić information content (AvgIpc) is 2.47. The summed E-state index contributed by atoms with van der Waals surface area (Å²) in [6, 6.07) is 7.94. The van der Waals surface area contributed by atoms with E-state index in [1.807, 2.05) is 31.2 Å².